The Morgan fingerprint density at radius 2 is 2.05 bits per heavy atom. The van der Waals surface area contributed by atoms with Gasteiger partial charge in [0.05, 0.1) is 0 Å². The molecule has 1 amide bonds. The average Bonchev–Trinajstić information content (AvgIpc) is 2.81. The Kier molecular flexibility index (Phi) is 3.60. The molecule has 0 bridgehead atoms. The minimum Gasteiger partial charge on any atom is -0.480 e. The van der Waals surface area contributed by atoms with Crippen LogP contribution in [0.3, 0.4) is 0 Å². The number of carboxylic acid groups (broad SMARTS) is 1. The summed E-state index contributed by atoms with van der Waals surface area (Å²) in [4.78, 5) is 25.5. The normalized spacial score (nSPS) is 22.5. The molecule has 0 saturated carbocycles. The maximum absolute atomic E-state index is 12.6. The van der Waals surface area contributed by atoms with Crippen LogP contribution in [-0.2, 0) is 11.2 Å². The first-order valence-electron chi connectivity index (χ1n) is 6.64. The van der Waals surface area contributed by atoms with Crippen molar-refractivity contribution >= 4 is 11.9 Å². The van der Waals surface area contributed by atoms with Crippen molar-refractivity contribution in [3.63, 3.8) is 0 Å². The summed E-state index contributed by atoms with van der Waals surface area (Å²) in [5.74, 6) is -1.09. The molecular weight excluding hydrogens is 242 g/mol. The molecule has 1 unspecified atom stereocenters. The van der Waals surface area contributed by atoms with Crippen molar-refractivity contribution in [2.75, 3.05) is 6.54 Å². The molecule has 1 N–H and O–H groups in total. The molecule has 4 nitrogen and oxygen atoms in total. The van der Waals surface area contributed by atoms with E-state index in [2.05, 4.69) is 0 Å². The third kappa shape index (κ3) is 2.23. The smallest absolute Gasteiger partial charge is 0.329 e. The highest BCUT2D eigenvalue weighted by Gasteiger charge is 2.46. The van der Waals surface area contributed by atoms with Crippen LogP contribution in [0, 0.1) is 0 Å². The van der Waals surface area contributed by atoms with E-state index >= 15 is 0 Å². The van der Waals surface area contributed by atoms with E-state index in [-0.39, 0.29) is 5.91 Å². The summed E-state index contributed by atoms with van der Waals surface area (Å²) in [5.41, 5.74) is 0.518. The number of carboxylic acids is 1. The lowest BCUT2D eigenvalue weighted by Crippen LogP contribution is -2.50. The number of amides is 1. The third-order valence-electron chi connectivity index (χ3n) is 3.98. The van der Waals surface area contributed by atoms with Crippen LogP contribution in [0.1, 0.15) is 42.6 Å². The Morgan fingerprint density at radius 1 is 1.37 bits per heavy atom. The molecule has 2 rings (SSSR count). The largest absolute Gasteiger partial charge is 0.480 e. The van der Waals surface area contributed by atoms with Gasteiger partial charge >= 0.3 is 5.97 Å². The number of rotatable bonds is 3. The number of aryl methyl sites for hydroxylation is 1. The number of carbonyl (C=O) groups excluding carboxylic acids is 1. The van der Waals surface area contributed by atoms with E-state index in [0.717, 1.165) is 18.4 Å². The van der Waals surface area contributed by atoms with Gasteiger partial charge in [-0.05, 0) is 37.8 Å². The molecule has 1 aliphatic heterocycles. The van der Waals surface area contributed by atoms with Crippen LogP contribution in [0.25, 0.3) is 0 Å². The Bertz CT molecular complexity index is 512. The van der Waals surface area contributed by atoms with Crippen LogP contribution < -0.4 is 0 Å². The highest BCUT2D eigenvalue weighted by atomic mass is 16.4. The zero-order chi connectivity index (χ0) is 14.0. The quantitative estimate of drug-likeness (QED) is 0.908. The van der Waals surface area contributed by atoms with Crippen LogP contribution in [0.5, 0.6) is 0 Å². The second kappa shape index (κ2) is 5.03. The van der Waals surface area contributed by atoms with E-state index in [4.69, 9.17) is 0 Å². The Hall–Kier alpha value is -1.84. The van der Waals surface area contributed by atoms with E-state index in [9.17, 15) is 14.7 Å². The van der Waals surface area contributed by atoms with E-state index < -0.39 is 11.5 Å². The molecule has 1 saturated heterocycles. The van der Waals surface area contributed by atoms with Gasteiger partial charge in [-0.3, -0.25) is 4.79 Å². The van der Waals surface area contributed by atoms with Gasteiger partial charge in [0, 0.05) is 12.1 Å². The van der Waals surface area contributed by atoms with E-state index in [1.54, 1.807) is 13.0 Å². The van der Waals surface area contributed by atoms with Crippen LogP contribution >= 0.6 is 0 Å². The van der Waals surface area contributed by atoms with Gasteiger partial charge < -0.3 is 10.0 Å². The van der Waals surface area contributed by atoms with Gasteiger partial charge in [-0.1, -0.05) is 25.1 Å². The molecule has 0 aliphatic carbocycles. The fourth-order valence-corrected chi connectivity index (χ4v) is 2.69. The molecule has 19 heavy (non-hydrogen) atoms. The molecule has 1 atom stereocenters. The molecule has 4 heteroatoms. The third-order valence-corrected chi connectivity index (χ3v) is 3.98. The molecule has 1 aromatic rings. The molecule has 0 aromatic heterocycles. The SMILES string of the molecule is CCc1ccccc1C(=O)N1CCCC1(C)C(=O)O. The van der Waals surface area contributed by atoms with Crippen molar-refractivity contribution in [2.45, 2.75) is 38.6 Å². The predicted octanol–water partition coefficient (Wildman–Crippen LogP) is 2.33. The Balaban J connectivity index is 2.36. The van der Waals surface area contributed by atoms with Gasteiger partial charge in [-0.2, -0.15) is 0 Å². The lowest BCUT2D eigenvalue weighted by Gasteiger charge is -2.31. The number of likely N-dealkylation sites (tertiary alicyclic amines) is 1. The molecule has 0 spiro atoms. The molecule has 102 valence electrons. The zero-order valence-electron chi connectivity index (χ0n) is 11.3. The zero-order valence-corrected chi connectivity index (χ0v) is 11.3. The summed E-state index contributed by atoms with van der Waals surface area (Å²) in [6.07, 6.45) is 2.02. The van der Waals surface area contributed by atoms with Gasteiger partial charge in [-0.15, -0.1) is 0 Å². The Labute approximate surface area is 113 Å². The van der Waals surface area contributed by atoms with E-state index in [0.29, 0.717) is 18.5 Å². The highest BCUT2D eigenvalue weighted by molar-refractivity contribution is 5.99. The fourth-order valence-electron chi connectivity index (χ4n) is 2.69. The molecule has 1 heterocycles. The topological polar surface area (TPSA) is 57.6 Å². The first-order chi connectivity index (χ1) is 9.00. The van der Waals surface area contributed by atoms with E-state index in [1.165, 1.54) is 4.90 Å². The summed E-state index contributed by atoms with van der Waals surface area (Å²) in [6.45, 7) is 4.14. The molecule has 1 aromatic carbocycles. The van der Waals surface area contributed by atoms with Crippen LogP contribution in [0.4, 0.5) is 0 Å². The maximum atomic E-state index is 12.6. The van der Waals surface area contributed by atoms with Crippen molar-refractivity contribution < 1.29 is 14.7 Å². The van der Waals surface area contributed by atoms with Gasteiger partial charge in [0.25, 0.3) is 5.91 Å². The minimum absolute atomic E-state index is 0.167. The van der Waals surface area contributed by atoms with Crippen LogP contribution in [0.15, 0.2) is 24.3 Å². The Morgan fingerprint density at radius 3 is 2.68 bits per heavy atom. The molecular formula is C15H19NO3. The number of carbonyl (C=O) groups is 2. The minimum atomic E-state index is -1.07. The van der Waals surface area contributed by atoms with Gasteiger partial charge in [0.2, 0.25) is 0 Å². The molecule has 0 radical (unpaired) electrons. The van der Waals surface area contributed by atoms with Crippen molar-refractivity contribution in [1.29, 1.82) is 0 Å². The second-order valence-electron chi connectivity index (χ2n) is 5.15. The number of benzene rings is 1. The predicted molar refractivity (Wildman–Crippen MR) is 72.1 cm³/mol. The summed E-state index contributed by atoms with van der Waals surface area (Å²) >= 11 is 0. The standard InChI is InChI=1S/C15H19NO3/c1-3-11-7-4-5-8-12(11)13(17)16-10-6-9-15(16,2)14(18)19/h4-5,7-8H,3,6,9-10H2,1-2H3,(H,18,19). The molecule has 1 fully saturated rings. The number of aliphatic carboxylic acids is 1. The summed E-state index contributed by atoms with van der Waals surface area (Å²) in [7, 11) is 0. The number of hydrogen-bond donors (Lipinski definition) is 1. The maximum Gasteiger partial charge on any atom is 0.329 e. The average molecular weight is 261 g/mol. The van der Waals surface area contributed by atoms with Crippen LogP contribution in [0.2, 0.25) is 0 Å². The van der Waals surface area contributed by atoms with Gasteiger partial charge in [-0.25, -0.2) is 4.79 Å². The van der Waals surface area contributed by atoms with E-state index in [1.807, 2.05) is 25.1 Å². The van der Waals surface area contributed by atoms with Crippen molar-refractivity contribution in [3.8, 4) is 0 Å². The lowest BCUT2D eigenvalue weighted by molar-refractivity contribution is -0.147. The highest BCUT2D eigenvalue weighted by Crippen LogP contribution is 2.31. The molecule has 1 aliphatic rings. The fraction of sp³-hybridized carbons (Fsp3) is 0.467. The van der Waals surface area contributed by atoms with Gasteiger partial charge in [0.1, 0.15) is 5.54 Å². The lowest BCUT2D eigenvalue weighted by atomic mass is 9.97. The summed E-state index contributed by atoms with van der Waals surface area (Å²) < 4.78 is 0. The summed E-state index contributed by atoms with van der Waals surface area (Å²) in [5, 5.41) is 9.37. The van der Waals surface area contributed by atoms with Crippen molar-refractivity contribution in [1.82, 2.24) is 4.90 Å². The second-order valence-corrected chi connectivity index (χ2v) is 5.15. The monoisotopic (exact) mass is 261 g/mol. The van der Waals surface area contributed by atoms with Crippen molar-refractivity contribution in [3.05, 3.63) is 35.4 Å². The number of hydrogen-bond acceptors (Lipinski definition) is 2. The van der Waals surface area contributed by atoms with Gasteiger partial charge in [0.15, 0.2) is 0 Å². The first-order valence-corrected chi connectivity index (χ1v) is 6.64. The van der Waals surface area contributed by atoms with Crippen LogP contribution in [-0.4, -0.2) is 34.0 Å². The first kappa shape index (κ1) is 13.6. The van der Waals surface area contributed by atoms with Crippen molar-refractivity contribution in [2.24, 2.45) is 0 Å². The summed E-state index contributed by atoms with van der Waals surface area (Å²) in [6, 6.07) is 7.42. The number of nitrogens with zero attached hydrogens (tertiary/aromatic N) is 1.